The molecule has 5 nitrogen and oxygen atoms in total. The fourth-order valence-corrected chi connectivity index (χ4v) is 6.28. The predicted molar refractivity (Wildman–Crippen MR) is 136 cm³/mol. The molecule has 6 rings (SSSR count). The second-order valence-electron chi connectivity index (χ2n) is 9.38. The van der Waals surface area contributed by atoms with Crippen LogP contribution in [0, 0.1) is 11.8 Å². The average Bonchev–Trinajstić information content (AvgIpc) is 3.35. The lowest BCUT2D eigenvalue weighted by Gasteiger charge is -2.35. The number of halogens is 5. The van der Waals surface area contributed by atoms with Crippen molar-refractivity contribution in [3.63, 3.8) is 0 Å². The van der Waals surface area contributed by atoms with Gasteiger partial charge in [-0.3, -0.25) is 14.4 Å². The molecule has 3 aromatic carbocycles. The second kappa shape index (κ2) is 8.71. The van der Waals surface area contributed by atoms with Gasteiger partial charge in [-0.05, 0) is 53.6 Å². The molecule has 2 amide bonds. The molecule has 3 aliphatic rings. The number of Topliss-reactive ketones (excluding diaryl/α,β-unsaturated/α-hetero) is 1. The normalized spacial score (nSPS) is 23.9. The van der Waals surface area contributed by atoms with E-state index in [-0.39, 0.29) is 16.3 Å². The van der Waals surface area contributed by atoms with Crippen LogP contribution in [0.4, 0.5) is 18.9 Å². The van der Waals surface area contributed by atoms with Gasteiger partial charge in [0.2, 0.25) is 11.8 Å². The molecule has 38 heavy (non-hydrogen) atoms. The molecule has 2 fully saturated rings. The van der Waals surface area contributed by atoms with Crippen LogP contribution in [0.5, 0.6) is 0 Å². The molecule has 0 aliphatic carbocycles. The molecule has 3 aliphatic heterocycles. The molecule has 2 saturated heterocycles. The van der Waals surface area contributed by atoms with Gasteiger partial charge in [-0.15, -0.1) is 0 Å². The topological polar surface area (TPSA) is 57.7 Å². The van der Waals surface area contributed by atoms with E-state index in [0.29, 0.717) is 5.02 Å². The zero-order chi connectivity index (χ0) is 26.9. The molecule has 0 spiro atoms. The van der Waals surface area contributed by atoms with Crippen LogP contribution in [-0.4, -0.2) is 28.5 Å². The molecule has 3 heterocycles. The Bertz CT molecular complexity index is 1550. The quantitative estimate of drug-likeness (QED) is 0.276. The van der Waals surface area contributed by atoms with Crippen molar-refractivity contribution >= 4 is 52.6 Å². The molecule has 0 N–H and O–H groups in total. The Labute approximate surface area is 225 Å². The molecule has 10 heteroatoms. The third kappa shape index (κ3) is 3.66. The number of hydrogen-bond acceptors (Lipinski definition) is 4. The summed E-state index contributed by atoms with van der Waals surface area (Å²) >= 11 is 12.3. The number of hydrogen-bond donors (Lipinski definition) is 0. The molecule has 0 aromatic heterocycles. The van der Waals surface area contributed by atoms with E-state index in [2.05, 4.69) is 0 Å². The summed E-state index contributed by atoms with van der Waals surface area (Å²) < 4.78 is 40.3. The van der Waals surface area contributed by atoms with Gasteiger partial charge in [0, 0.05) is 16.8 Å². The van der Waals surface area contributed by atoms with Crippen molar-refractivity contribution in [3.8, 4) is 0 Å². The van der Waals surface area contributed by atoms with Crippen LogP contribution in [0.25, 0.3) is 6.08 Å². The predicted octanol–water partition coefficient (Wildman–Crippen LogP) is 6.41. The summed E-state index contributed by atoms with van der Waals surface area (Å²) in [4.78, 5) is 44.1. The van der Waals surface area contributed by atoms with Crippen LogP contribution in [0.2, 0.25) is 10.0 Å². The van der Waals surface area contributed by atoms with Crippen molar-refractivity contribution in [2.45, 2.75) is 18.3 Å². The third-order valence-electron chi connectivity index (χ3n) is 7.36. The molecule has 0 unspecified atom stereocenters. The van der Waals surface area contributed by atoms with Crippen LogP contribution in [0.3, 0.4) is 0 Å². The lowest BCUT2D eigenvalue weighted by atomic mass is 9.83. The number of benzene rings is 3. The Hall–Kier alpha value is -3.62. The van der Waals surface area contributed by atoms with Crippen molar-refractivity contribution in [1.29, 1.82) is 0 Å². The summed E-state index contributed by atoms with van der Waals surface area (Å²) in [6.45, 7) is 0. The van der Waals surface area contributed by atoms with Crippen LogP contribution < -0.4 is 4.90 Å². The van der Waals surface area contributed by atoms with Gasteiger partial charge in [-0.1, -0.05) is 53.5 Å². The number of fused-ring (bicyclic) bond motifs is 5. The first kappa shape index (κ1) is 24.7. The zero-order valence-electron chi connectivity index (χ0n) is 19.3. The van der Waals surface area contributed by atoms with E-state index in [1.165, 1.54) is 24.3 Å². The van der Waals surface area contributed by atoms with Gasteiger partial charge in [0.1, 0.15) is 6.04 Å². The summed E-state index contributed by atoms with van der Waals surface area (Å²) in [6, 6.07) is 14.0. The summed E-state index contributed by atoms with van der Waals surface area (Å²) in [6.07, 6.45) is -1.17. The number of carbonyl (C=O) groups excluding carboxylic acids is 3. The summed E-state index contributed by atoms with van der Waals surface area (Å²) in [5, 5.41) is 0.416. The minimum absolute atomic E-state index is 0.0930. The number of nitrogens with zero attached hydrogens (tertiary/aromatic N) is 2. The van der Waals surface area contributed by atoms with Gasteiger partial charge in [-0.2, -0.15) is 13.2 Å². The molecule has 0 radical (unpaired) electrons. The Morgan fingerprint density at radius 2 is 1.61 bits per heavy atom. The van der Waals surface area contributed by atoms with E-state index >= 15 is 0 Å². The van der Waals surface area contributed by atoms with Gasteiger partial charge in [0.05, 0.1) is 34.2 Å². The number of rotatable bonds is 3. The Morgan fingerprint density at radius 1 is 0.868 bits per heavy atom. The molecule has 4 atom stereocenters. The molecule has 0 bridgehead atoms. The molecular formula is C28H17Cl2F3N2O3. The van der Waals surface area contributed by atoms with Crippen LogP contribution in [-0.2, 0) is 15.8 Å². The smallest absolute Gasteiger partial charge is 0.358 e. The van der Waals surface area contributed by atoms with Gasteiger partial charge in [-0.25, -0.2) is 4.90 Å². The maximum Gasteiger partial charge on any atom is 0.416 e. The minimum Gasteiger partial charge on any atom is -0.358 e. The lowest BCUT2D eigenvalue weighted by molar-refractivity contribution is -0.137. The Kier molecular flexibility index (Phi) is 5.66. The highest BCUT2D eigenvalue weighted by atomic mass is 35.5. The summed E-state index contributed by atoms with van der Waals surface area (Å²) in [5.74, 6) is -4.01. The molecule has 3 aromatic rings. The monoisotopic (exact) mass is 556 g/mol. The Balaban J connectivity index is 1.49. The van der Waals surface area contributed by atoms with Crippen molar-refractivity contribution in [1.82, 2.24) is 4.90 Å². The number of alkyl halides is 3. The van der Waals surface area contributed by atoms with Crippen LogP contribution in [0.1, 0.15) is 33.1 Å². The Morgan fingerprint density at radius 3 is 2.34 bits per heavy atom. The maximum atomic E-state index is 13.9. The number of anilines is 1. The lowest BCUT2D eigenvalue weighted by Crippen LogP contribution is -2.44. The van der Waals surface area contributed by atoms with Crippen LogP contribution >= 0.6 is 23.2 Å². The third-order valence-corrected chi connectivity index (χ3v) is 7.91. The summed E-state index contributed by atoms with van der Waals surface area (Å²) in [7, 11) is 0. The van der Waals surface area contributed by atoms with E-state index in [4.69, 9.17) is 23.2 Å². The molecule has 192 valence electrons. The number of carbonyl (C=O) groups is 3. The highest BCUT2D eigenvalue weighted by Gasteiger charge is 2.64. The van der Waals surface area contributed by atoms with Crippen molar-refractivity contribution < 1.29 is 27.6 Å². The molecule has 0 saturated carbocycles. The van der Waals surface area contributed by atoms with Crippen LogP contribution in [0.15, 0.2) is 72.9 Å². The largest absolute Gasteiger partial charge is 0.416 e. The average molecular weight is 557 g/mol. The van der Waals surface area contributed by atoms with E-state index in [1.807, 2.05) is 18.2 Å². The highest BCUT2D eigenvalue weighted by Crippen LogP contribution is 2.54. The number of ketones is 1. The SMILES string of the molecule is O=C(c1ccc(Cl)cc1Cl)[C@H]1[C@H]2C(=O)N(c3cccc(C(F)(F)F)c3)C(=O)[C@@H]2[C@H]2c3ccccc3C=CN21. The zero-order valence-corrected chi connectivity index (χ0v) is 20.8. The van der Waals surface area contributed by atoms with E-state index < -0.39 is 53.3 Å². The second-order valence-corrected chi connectivity index (χ2v) is 10.2. The highest BCUT2D eigenvalue weighted by molar-refractivity contribution is 6.37. The van der Waals surface area contributed by atoms with Crippen molar-refractivity contribution in [2.75, 3.05) is 4.90 Å². The number of imide groups is 1. The number of amides is 2. The fraction of sp³-hybridized carbons (Fsp3) is 0.179. The van der Waals surface area contributed by atoms with E-state index in [1.54, 1.807) is 23.2 Å². The van der Waals surface area contributed by atoms with Gasteiger partial charge in [0.25, 0.3) is 0 Å². The van der Waals surface area contributed by atoms with Gasteiger partial charge >= 0.3 is 6.18 Å². The standard InChI is InChI=1S/C28H17Cl2F3N2O3/c29-16-8-9-19(20(30)13-16)25(36)24-22-21(23-18-7-2-1-4-14(18)10-11-34(23)24)26(37)35(27(22)38)17-6-3-5-15(12-17)28(31,32)33/h1-13,21-24H/t21-,22-,23+,24+/m0/s1. The van der Waals surface area contributed by atoms with Crippen molar-refractivity contribution in [3.05, 3.63) is 105 Å². The molecular weight excluding hydrogens is 540 g/mol. The summed E-state index contributed by atoms with van der Waals surface area (Å²) in [5.41, 5.74) is 0.523. The first-order valence-corrected chi connectivity index (χ1v) is 12.4. The minimum atomic E-state index is -4.66. The maximum absolute atomic E-state index is 13.9. The first-order chi connectivity index (χ1) is 18.1. The first-order valence-electron chi connectivity index (χ1n) is 11.7. The van der Waals surface area contributed by atoms with Gasteiger partial charge in [0.15, 0.2) is 5.78 Å². The van der Waals surface area contributed by atoms with Gasteiger partial charge < -0.3 is 4.90 Å². The van der Waals surface area contributed by atoms with E-state index in [0.717, 1.165) is 34.2 Å². The fourth-order valence-electron chi connectivity index (χ4n) is 5.78. The van der Waals surface area contributed by atoms with Crippen molar-refractivity contribution in [2.24, 2.45) is 11.8 Å². The van der Waals surface area contributed by atoms with E-state index in [9.17, 15) is 27.6 Å².